The molecule has 2 aromatic carbocycles. The Bertz CT molecular complexity index is 1050. The van der Waals surface area contributed by atoms with Gasteiger partial charge in [0.15, 0.2) is 0 Å². The number of aromatic nitrogens is 1. The Morgan fingerprint density at radius 3 is 2.59 bits per heavy atom. The summed E-state index contributed by atoms with van der Waals surface area (Å²) in [6, 6.07) is 12.6. The van der Waals surface area contributed by atoms with Gasteiger partial charge in [0.25, 0.3) is 0 Å². The Hall–Kier alpha value is -3.08. The molecule has 1 aromatic heterocycles. The average molecular weight is 361 g/mol. The summed E-state index contributed by atoms with van der Waals surface area (Å²) in [5.41, 5.74) is 10.2. The maximum atomic E-state index is 11.8. The fraction of sp³-hybridized carbons (Fsp3) is 0.273. The monoisotopic (exact) mass is 361 g/mol. The molecule has 0 atom stereocenters. The number of aromatic carboxylic acids is 1. The second-order valence-electron chi connectivity index (χ2n) is 7.13. The number of nitrogens with two attached hydrogens (primary N) is 1. The molecule has 5 nitrogen and oxygen atoms in total. The van der Waals surface area contributed by atoms with Crippen molar-refractivity contribution in [3.8, 4) is 0 Å². The number of para-hydroxylation sites is 1. The van der Waals surface area contributed by atoms with E-state index in [-0.39, 0.29) is 5.56 Å². The highest BCUT2D eigenvalue weighted by Crippen LogP contribution is 2.34. The fourth-order valence-corrected chi connectivity index (χ4v) is 4.21. The number of amides is 1. The highest BCUT2D eigenvalue weighted by molar-refractivity contribution is 6.03. The van der Waals surface area contributed by atoms with Gasteiger partial charge in [-0.1, -0.05) is 36.8 Å². The first-order valence-electron chi connectivity index (χ1n) is 9.29. The average Bonchev–Trinajstić information content (AvgIpc) is 2.82. The van der Waals surface area contributed by atoms with E-state index in [0.29, 0.717) is 17.6 Å². The lowest BCUT2D eigenvalue weighted by Crippen LogP contribution is -2.23. The Labute approximate surface area is 157 Å². The summed E-state index contributed by atoms with van der Waals surface area (Å²) in [5, 5.41) is 12.8. The molecule has 2 N–H and O–H groups in total. The molecular weight excluding hydrogens is 340 g/mol. The van der Waals surface area contributed by atoms with E-state index in [1.807, 2.05) is 12.1 Å². The number of fused-ring (bicyclic) bond motifs is 3. The van der Waals surface area contributed by atoms with E-state index in [2.05, 4.69) is 4.57 Å². The fourth-order valence-electron chi connectivity index (χ4n) is 4.21. The smallest absolute Gasteiger partial charge is 0.248 e. The quantitative estimate of drug-likeness (QED) is 0.724. The minimum absolute atomic E-state index is 0.214. The Morgan fingerprint density at radius 2 is 1.81 bits per heavy atom. The van der Waals surface area contributed by atoms with Gasteiger partial charge in [0, 0.05) is 28.8 Å². The van der Waals surface area contributed by atoms with Crippen molar-refractivity contribution >= 4 is 22.8 Å². The van der Waals surface area contributed by atoms with Gasteiger partial charge in [-0.25, -0.2) is 0 Å². The van der Waals surface area contributed by atoms with Crippen LogP contribution in [0.3, 0.4) is 0 Å². The number of hydrogen-bond donors (Lipinski definition) is 1. The van der Waals surface area contributed by atoms with Gasteiger partial charge in [0.2, 0.25) is 5.91 Å². The molecule has 27 heavy (non-hydrogen) atoms. The molecule has 1 aliphatic rings. The van der Waals surface area contributed by atoms with Gasteiger partial charge in [-0.2, -0.15) is 0 Å². The van der Waals surface area contributed by atoms with Gasteiger partial charge >= 0.3 is 0 Å². The van der Waals surface area contributed by atoms with Crippen LogP contribution < -0.4 is 10.8 Å². The van der Waals surface area contributed by atoms with E-state index in [1.165, 1.54) is 17.7 Å². The summed E-state index contributed by atoms with van der Waals surface area (Å²) in [6.45, 7) is 0.497. The van der Waals surface area contributed by atoms with Gasteiger partial charge in [-0.3, -0.25) is 4.79 Å². The summed E-state index contributed by atoms with van der Waals surface area (Å²) < 4.78 is 2.10. The zero-order chi connectivity index (χ0) is 19.0. The third-order valence-corrected chi connectivity index (χ3v) is 5.42. The van der Waals surface area contributed by atoms with Crippen LogP contribution in [-0.2, 0) is 19.4 Å². The van der Waals surface area contributed by atoms with E-state index >= 15 is 0 Å². The van der Waals surface area contributed by atoms with Crippen LogP contribution in [0.15, 0.2) is 42.5 Å². The highest BCUT2D eigenvalue weighted by atomic mass is 16.4. The number of carboxylic acid groups (broad SMARTS) is 1. The topological polar surface area (TPSA) is 88.2 Å². The minimum Gasteiger partial charge on any atom is -0.545 e. The van der Waals surface area contributed by atoms with Crippen LogP contribution in [-0.4, -0.2) is 16.4 Å². The molecule has 0 aliphatic heterocycles. The molecule has 138 valence electrons. The van der Waals surface area contributed by atoms with Crippen molar-refractivity contribution in [2.24, 2.45) is 5.73 Å². The van der Waals surface area contributed by atoms with Crippen molar-refractivity contribution in [1.82, 2.24) is 4.57 Å². The predicted molar refractivity (Wildman–Crippen MR) is 102 cm³/mol. The molecule has 4 rings (SSSR count). The van der Waals surface area contributed by atoms with Crippen molar-refractivity contribution in [2.75, 3.05) is 0 Å². The van der Waals surface area contributed by atoms with Crippen LogP contribution in [0.5, 0.6) is 0 Å². The van der Waals surface area contributed by atoms with Gasteiger partial charge in [0.1, 0.15) is 0 Å². The zero-order valence-corrected chi connectivity index (χ0v) is 15.0. The maximum absolute atomic E-state index is 11.8. The first-order chi connectivity index (χ1) is 13.1. The molecule has 0 saturated heterocycles. The Balaban J connectivity index is 1.93. The number of benzene rings is 2. The molecule has 0 bridgehead atoms. The van der Waals surface area contributed by atoms with Gasteiger partial charge in [-0.05, 0) is 48.9 Å². The van der Waals surface area contributed by atoms with Crippen LogP contribution in [0, 0.1) is 0 Å². The van der Waals surface area contributed by atoms with Crippen LogP contribution in [0.4, 0.5) is 0 Å². The van der Waals surface area contributed by atoms with Crippen molar-refractivity contribution < 1.29 is 14.7 Å². The van der Waals surface area contributed by atoms with Gasteiger partial charge < -0.3 is 20.2 Å². The van der Waals surface area contributed by atoms with Crippen molar-refractivity contribution in [2.45, 2.75) is 38.6 Å². The summed E-state index contributed by atoms with van der Waals surface area (Å²) in [4.78, 5) is 23.3. The maximum Gasteiger partial charge on any atom is 0.248 e. The second-order valence-corrected chi connectivity index (χ2v) is 7.13. The number of hydrogen-bond acceptors (Lipinski definition) is 3. The molecule has 0 unspecified atom stereocenters. The van der Waals surface area contributed by atoms with Crippen molar-refractivity contribution in [3.05, 3.63) is 70.4 Å². The molecule has 0 fully saturated rings. The van der Waals surface area contributed by atoms with Gasteiger partial charge in [0.05, 0.1) is 11.5 Å². The Kier molecular flexibility index (Phi) is 4.44. The summed E-state index contributed by atoms with van der Waals surface area (Å²) in [7, 11) is 0. The SMILES string of the molecule is NC(=O)c1cccc(Cn2c3c(c4cccc(C(=O)[O-])c42)CCCCC3)c1. The summed E-state index contributed by atoms with van der Waals surface area (Å²) >= 11 is 0. The summed E-state index contributed by atoms with van der Waals surface area (Å²) in [5.74, 6) is -1.64. The van der Waals surface area contributed by atoms with Crippen LogP contribution >= 0.6 is 0 Å². The molecule has 3 aromatic rings. The summed E-state index contributed by atoms with van der Waals surface area (Å²) in [6.07, 6.45) is 5.25. The van der Waals surface area contributed by atoms with E-state index in [1.54, 1.807) is 30.3 Å². The van der Waals surface area contributed by atoms with E-state index in [0.717, 1.165) is 36.6 Å². The molecule has 1 heterocycles. The molecule has 1 amide bonds. The predicted octanol–water partition coefficient (Wildman–Crippen LogP) is 2.42. The second kappa shape index (κ2) is 6.91. The Morgan fingerprint density at radius 1 is 1.04 bits per heavy atom. The minimum atomic E-state index is -1.17. The largest absolute Gasteiger partial charge is 0.545 e. The van der Waals surface area contributed by atoms with Crippen LogP contribution in [0.2, 0.25) is 0 Å². The van der Waals surface area contributed by atoms with Crippen molar-refractivity contribution in [3.63, 3.8) is 0 Å². The highest BCUT2D eigenvalue weighted by Gasteiger charge is 2.21. The molecule has 0 radical (unpaired) electrons. The normalized spacial score (nSPS) is 13.9. The standard InChI is InChI=1S/C22H22N2O3/c23-21(25)15-7-4-6-14(12-15)13-24-19-11-3-1-2-8-16(19)17-9-5-10-18(20(17)24)22(26)27/h4-7,9-10,12H,1-3,8,11,13H2,(H2,23,25)(H,26,27)/p-1. The van der Waals surface area contributed by atoms with E-state index in [9.17, 15) is 14.7 Å². The van der Waals surface area contributed by atoms with E-state index < -0.39 is 11.9 Å². The third kappa shape index (κ3) is 3.10. The van der Waals surface area contributed by atoms with Gasteiger partial charge in [-0.15, -0.1) is 0 Å². The number of carboxylic acids is 1. The lowest BCUT2D eigenvalue weighted by Gasteiger charge is -2.14. The number of carbonyl (C=O) groups is 2. The molecule has 5 heteroatoms. The van der Waals surface area contributed by atoms with Crippen molar-refractivity contribution in [1.29, 1.82) is 0 Å². The first-order valence-corrected chi connectivity index (χ1v) is 9.29. The molecule has 0 saturated carbocycles. The lowest BCUT2D eigenvalue weighted by atomic mass is 10.0. The number of carbonyl (C=O) groups excluding carboxylic acids is 2. The molecule has 1 aliphatic carbocycles. The zero-order valence-electron chi connectivity index (χ0n) is 15.0. The third-order valence-electron chi connectivity index (χ3n) is 5.42. The van der Waals surface area contributed by atoms with Crippen LogP contribution in [0.1, 0.15) is 56.8 Å². The molecule has 0 spiro atoms. The van der Waals surface area contributed by atoms with E-state index in [4.69, 9.17) is 5.73 Å². The molecular formula is C22H21N2O3-. The number of nitrogens with zero attached hydrogens (tertiary/aromatic N) is 1. The number of rotatable bonds is 4. The van der Waals surface area contributed by atoms with Crippen LogP contribution in [0.25, 0.3) is 10.9 Å². The lowest BCUT2D eigenvalue weighted by molar-refractivity contribution is -0.254. The number of aryl methyl sites for hydroxylation is 1. The number of primary amides is 1. The first kappa shape index (κ1) is 17.3.